The first kappa shape index (κ1) is 13.3. The predicted octanol–water partition coefficient (Wildman–Crippen LogP) is 2.01. The summed E-state index contributed by atoms with van der Waals surface area (Å²) in [5, 5.41) is 0. The highest BCUT2D eigenvalue weighted by Gasteiger charge is 2.28. The Balaban J connectivity index is 1.49. The fraction of sp³-hybridized carbons (Fsp3) is 1.00. The van der Waals surface area contributed by atoms with Gasteiger partial charge in [-0.25, -0.2) is 0 Å². The van der Waals surface area contributed by atoms with Crippen molar-refractivity contribution in [1.29, 1.82) is 0 Å². The molecule has 2 rings (SSSR count). The molecule has 0 aromatic carbocycles. The smallest absolute Gasteiger partial charge is 0.0593 e. The third kappa shape index (κ3) is 4.94. The lowest BCUT2D eigenvalue weighted by molar-refractivity contribution is 0.101. The van der Waals surface area contributed by atoms with E-state index in [0.29, 0.717) is 0 Å². The largest absolute Gasteiger partial charge is 0.380 e. The molecular formula is C14H28N2O. The number of likely N-dealkylation sites (N-methyl/N-ethyl adjacent to an activating group) is 1. The van der Waals surface area contributed by atoms with Crippen LogP contribution < -0.4 is 5.73 Å². The second-order valence-corrected chi connectivity index (χ2v) is 6.14. The van der Waals surface area contributed by atoms with Crippen LogP contribution in [-0.2, 0) is 4.74 Å². The minimum atomic E-state index is 0.142. The molecule has 100 valence electrons. The van der Waals surface area contributed by atoms with Gasteiger partial charge in [-0.05, 0) is 51.6 Å². The fourth-order valence-electron chi connectivity index (χ4n) is 2.61. The van der Waals surface area contributed by atoms with Gasteiger partial charge in [0.15, 0.2) is 0 Å². The summed E-state index contributed by atoms with van der Waals surface area (Å²) >= 11 is 0. The Labute approximate surface area is 106 Å². The number of nitrogens with two attached hydrogens (primary N) is 1. The molecule has 2 N–H and O–H groups in total. The Bertz CT molecular complexity index is 222. The van der Waals surface area contributed by atoms with Crippen LogP contribution in [0.3, 0.4) is 0 Å². The van der Waals surface area contributed by atoms with E-state index in [1.54, 1.807) is 0 Å². The molecule has 2 aliphatic rings. The van der Waals surface area contributed by atoms with E-state index in [1.165, 1.54) is 38.5 Å². The molecule has 0 bridgehead atoms. The zero-order valence-corrected chi connectivity index (χ0v) is 11.3. The minimum Gasteiger partial charge on any atom is -0.380 e. The summed E-state index contributed by atoms with van der Waals surface area (Å²) in [5.74, 6) is 0.881. The first-order valence-corrected chi connectivity index (χ1v) is 7.23. The summed E-state index contributed by atoms with van der Waals surface area (Å²) in [6.45, 7) is 4.02. The lowest BCUT2D eigenvalue weighted by Gasteiger charge is -2.26. The maximum Gasteiger partial charge on any atom is 0.0593 e. The quantitative estimate of drug-likeness (QED) is 0.660. The van der Waals surface area contributed by atoms with Crippen molar-refractivity contribution in [2.24, 2.45) is 11.7 Å². The van der Waals surface area contributed by atoms with Crippen molar-refractivity contribution in [3.8, 4) is 0 Å². The van der Waals surface area contributed by atoms with Gasteiger partial charge in [0, 0.05) is 18.7 Å². The number of hydrogen-bond donors (Lipinski definition) is 1. The molecule has 0 spiro atoms. The van der Waals surface area contributed by atoms with Crippen LogP contribution >= 0.6 is 0 Å². The van der Waals surface area contributed by atoms with E-state index >= 15 is 0 Å². The van der Waals surface area contributed by atoms with Crippen LogP contribution in [0.15, 0.2) is 0 Å². The Morgan fingerprint density at radius 1 is 1.24 bits per heavy atom. The van der Waals surface area contributed by atoms with Crippen LogP contribution in [0, 0.1) is 5.92 Å². The van der Waals surface area contributed by atoms with Gasteiger partial charge in [-0.15, -0.1) is 0 Å². The Kier molecular flexibility index (Phi) is 4.83. The van der Waals surface area contributed by atoms with E-state index in [0.717, 1.165) is 38.6 Å². The highest BCUT2D eigenvalue weighted by atomic mass is 16.5. The first-order valence-electron chi connectivity index (χ1n) is 7.23. The highest BCUT2D eigenvalue weighted by molar-refractivity contribution is 4.89. The van der Waals surface area contributed by atoms with Gasteiger partial charge in [-0.3, -0.25) is 0 Å². The first-order chi connectivity index (χ1) is 8.18. The van der Waals surface area contributed by atoms with E-state index in [9.17, 15) is 0 Å². The number of ether oxygens (including phenoxy) is 1. The fourth-order valence-corrected chi connectivity index (χ4v) is 2.61. The Morgan fingerprint density at radius 3 is 2.59 bits per heavy atom. The van der Waals surface area contributed by atoms with Gasteiger partial charge < -0.3 is 15.4 Å². The topological polar surface area (TPSA) is 38.5 Å². The van der Waals surface area contributed by atoms with E-state index in [-0.39, 0.29) is 5.54 Å². The maximum absolute atomic E-state index is 6.35. The van der Waals surface area contributed by atoms with Crippen LogP contribution in [-0.4, -0.2) is 43.8 Å². The van der Waals surface area contributed by atoms with Gasteiger partial charge in [-0.1, -0.05) is 12.8 Å². The summed E-state index contributed by atoms with van der Waals surface area (Å²) in [6, 6.07) is 0. The van der Waals surface area contributed by atoms with Crippen molar-refractivity contribution >= 4 is 0 Å². The normalized spacial score (nSPS) is 23.5. The van der Waals surface area contributed by atoms with Gasteiger partial charge in [0.25, 0.3) is 0 Å². The standard InChI is InChI=1S/C14H28N2O/c1-16(10-11-17-12-13-4-5-13)9-8-14(15)6-2-3-7-14/h13H,2-12,15H2,1H3. The molecule has 0 aromatic rings. The third-order valence-corrected chi connectivity index (χ3v) is 4.26. The lowest BCUT2D eigenvalue weighted by atomic mass is 9.95. The SMILES string of the molecule is CN(CCOCC1CC1)CCC1(N)CCCC1. The second-order valence-electron chi connectivity index (χ2n) is 6.14. The van der Waals surface area contributed by atoms with Crippen LogP contribution in [0.4, 0.5) is 0 Å². The summed E-state index contributed by atoms with van der Waals surface area (Å²) in [6.07, 6.45) is 9.00. The monoisotopic (exact) mass is 240 g/mol. The minimum absolute atomic E-state index is 0.142. The van der Waals surface area contributed by atoms with Gasteiger partial charge in [0.2, 0.25) is 0 Å². The molecule has 0 radical (unpaired) electrons. The van der Waals surface area contributed by atoms with Crippen molar-refractivity contribution in [1.82, 2.24) is 4.90 Å². The van der Waals surface area contributed by atoms with Crippen LogP contribution in [0.25, 0.3) is 0 Å². The lowest BCUT2D eigenvalue weighted by Crippen LogP contribution is -2.40. The molecular weight excluding hydrogens is 212 g/mol. The summed E-state index contributed by atoms with van der Waals surface area (Å²) in [5.41, 5.74) is 6.49. The molecule has 0 aromatic heterocycles. The predicted molar refractivity (Wildman–Crippen MR) is 71.0 cm³/mol. The van der Waals surface area contributed by atoms with Gasteiger partial charge in [0.1, 0.15) is 0 Å². The molecule has 2 saturated carbocycles. The molecule has 2 fully saturated rings. The van der Waals surface area contributed by atoms with Crippen molar-refractivity contribution in [2.45, 2.75) is 50.5 Å². The van der Waals surface area contributed by atoms with Crippen molar-refractivity contribution in [2.75, 3.05) is 33.4 Å². The molecule has 0 unspecified atom stereocenters. The van der Waals surface area contributed by atoms with Gasteiger partial charge in [-0.2, -0.15) is 0 Å². The van der Waals surface area contributed by atoms with Crippen LogP contribution in [0.5, 0.6) is 0 Å². The Hall–Kier alpha value is -0.120. The van der Waals surface area contributed by atoms with E-state index in [1.807, 2.05) is 0 Å². The molecule has 0 amide bonds. The molecule has 3 heteroatoms. The second kappa shape index (κ2) is 6.17. The van der Waals surface area contributed by atoms with Crippen LogP contribution in [0.1, 0.15) is 44.9 Å². The van der Waals surface area contributed by atoms with E-state index in [4.69, 9.17) is 10.5 Å². The maximum atomic E-state index is 6.35. The molecule has 0 aliphatic heterocycles. The van der Waals surface area contributed by atoms with Gasteiger partial charge >= 0.3 is 0 Å². The average molecular weight is 240 g/mol. The van der Waals surface area contributed by atoms with Crippen molar-refractivity contribution in [3.63, 3.8) is 0 Å². The molecule has 3 nitrogen and oxygen atoms in total. The zero-order valence-electron chi connectivity index (χ0n) is 11.3. The van der Waals surface area contributed by atoms with Crippen molar-refractivity contribution < 1.29 is 4.74 Å². The molecule has 0 saturated heterocycles. The number of hydrogen-bond acceptors (Lipinski definition) is 3. The Morgan fingerprint density at radius 2 is 1.94 bits per heavy atom. The summed E-state index contributed by atoms with van der Waals surface area (Å²) in [4.78, 5) is 2.36. The summed E-state index contributed by atoms with van der Waals surface area (Å²) < 4.78 is 5.65. The average Bonchev–Trinajstić information content (AvgIpc) is 3.04. The van der Waals surface area contributed by atoms with Crippen molar-refractivity contribution in [3.05, 3.63) is 0 Å². The number of nitrogens with zero attached hydrogens (tertiary/aromatic N) is 1. The third-order valence-electron chi connectivity index (χ3n) is 4.26. The molecule has 2 aliphatic carbocycles. The van der Waals surface area contributed by atoms with E-state index < -0.39 is 0 Å². The zero-order chi connectivity index (χ0) is 12.1. The van der Waals surface area contributed by atoms with Crippen LogP contribution in [0.2, 0.25) is 0 Å². The molecule has 0 atom stereocenters. The molecule has 0 heterocycles. The highest BCUT2D eigenvalue weighted by Crippen LogP contribution is 2.30. The molecule has 17 heavy (non-hydrogen) atoms. The van der Waals surface area contributed by atoms with E-state index in [2.05, 4.69) is 11.9 Å². The summed E-state index contributed by atoms with van der Waals surface area (Å²) in [7, 11) is 2.18. The number of rotatable bonds is 8. The van der Waals surface area contributed by atoms with Gasteiger partial charge in [0.05, 0.1) is 6.61 Å².